The number of hydrogen-bond acceptors (Lipinski definition) is 5. The van der Waals surface area contributed by atoms with Crippen molar-refractivity contribution in [2.24, 2.45) is 0 Å². The summed E-state index contributed by atoms with van der Waals surface area (Å²) in [7, 11) is 3.13. The van der Waals surface area contributed by atoms with Crippen LogP contribution in [-0.4, -0.2) is 73.7 Å². The van der Waals surface area contributed by atoms with Gasteiger partial charge >= 0.3 is 5.97 Å². The predicted molar refractivity (Wildman–Crippen MR) is 164 cm³/mol. The van der Waals surface area contributed by atoms with E-state index in [2.05, 4.69) is 4.90 Å². The third kappa shape index (κ3) is 5.96. The number of hydrogen-bond donors (Lipinski definition) is 1. The third-order valence-electron chi connectivity index (χ3n) is 9.12. The first kappa shape index (κ1) is 30.2. The highest BCUT2D eigenvalue weighted by molar-refractivity contribution is 6.42. The van der Waals surface area contributed by atoms with Crippen LogP contribution < -0.4 is 9.47 Å². The summed E-state index contributed by atoms with van der Waals surface area (Å²) in [6, 6.07) is 20.5. The lowest BCUT2D eigenvalue weighted by Gasteiger charge is -2.40. The standard InChI is InChI=1S/C33H36Cl2N2O5/c1-41-26-18-23(19-27(21-26)42-2)30(38)37-17-11-32(22-37,25-8-9-28(34)29(35)20-25)10-14-36-15-12-33(13-16-36,31(39)40)24-6-4-3-5-7-24/h3-9,18-21H,10-17,22H2,1-2H3,(H,39,40). The van der Waals surface area contributed by atoms with E-state index >= 15 is 0 Å². The normalized spacial score (nSPS) is 20.3. The van der Waals surface area contributed by atoms with Crippen LogP contribution in [-0.2, 0) is 15.6 Å². The second-order valence-electron chi connectivity index (χ2n) is 11.3. The van der Waals surface area contributed by atoms with Crippen LogP contribution in [0.25, 0.3) is 0 Å². The fourth-order valence-electron chi connectivity index (χ4n) is 6.48. The van der Waals surface area contributed by atoms with E-state index in [9.17, 15) is 14.7 Å². The van der Waals surface area contributed by atoms with Crippen molar-refractivity contribution in [3.8, 4) is 11.5 Å². The Morgan fingerprint density at radius 3 is 2.10 bits per heavy atom. The number of halogens is 2. The lowest BCUT2D eigenvalue weighted by atomic mass is 9.72. The first-order valence-electron chi connectivity index (χ1n) is 14.2. The highest BCUT2D eigenvalue weighted by Crippen LogP contribution is 2.42. The minimum absolute atomic E-state index is 0.0822. The Kier molecular flexibility index (Phi) is 9.02. The van der Waals surface area contributed by atoms with Crippen LogP contribution >= 0.6 is 23.2 Å². The molecule has 1 N–H and O–H groups in total. The fraction of sp³-hybridized carbons (Fsp3) is 0.394. The van der Waals surface area contributed by atoms with Crippen molar-refractivity contribution >= 4 is 35.1 Å². The largest absolute Gasteiger partial charge is 0.497 e. The highest BCUT2D eigenvalue weighted by atomic mass is 35.5. The van der Waals surface area contributed by atoms with Crippen molar-refractivity contribution in [2.45, 2.75) is 36.5 Å². The van der Waals surface area contributed by atoms with E-state index < -0.39 is 11.4 Å². The molecule has 9 heteroatoms. The first-order valence-corrected chi connectivity index (χ1v) is 14.9. The van der Waals surface area contributed by atoms with Gasteiger partial charge in [0.05, 0.1) is 29.7 Å². The van der Waals surface area contributed by atoms with Crippen molar-refractivity contribution in [1.29, 1.82) is 0 Å². The Balaban J connectivity index is 1.35. The summed E-state index contributed by atoms with van der Waals surface area (Å²) >= 11 is 12.8. The molecule has 0 radical (unpaired) electrons. The number of carboxylic acid groups (broad SMARTS) is 1. The molecule has 0 saturated carbocycles. The number of aliphatic carboxylic acids is 1. The zero-order valence-electron chi connectivity index (χ0n) is 23.9. The molecule has 0 bridgehead atoms. The zero-order chi connectivity index (χ0) is 29.9. The molecule has 2 saturated heterocycles. The summed E-state index contributed by atoms with van der Waals surface area (Å²) in [6.45, 7) is 3.27. The number of carbonyl (C=O) groups is 2. The molecule has 5 rings (SSSR count). The molecular formula is C33H36Cl2N2O5. The van der Waals surface area contributed by atoms with Crippen LogP contribution in [0.3, 0.4) is 0 Å². The average Bonchev–Trinajstić information content (AvgIpc) is 3.46. The molecule has 0 aromatic heterocycles. The minimum Gasteiger partial charge on any atom is -0.497 e. The van der Waals surface area contributed by atoms with Crippen LogP contribution in [0, 0.1) is 0 Å². The number of amides is 1. The van der Waals surface area contributed by atoms with Gasteiger partial charge < -0.3 is 24.4 Å². The average molecular weight is 612 g/mol. The first-order chi connectivity index (χ1) is 20.2. The Morgan fingerprint density at radius 1 is 0.833 bits per heavy atom. The highest BCUT2D eigenvalue weighted by Gasteiger charge is 2.45. The summed E-state index contributed by atoms with van der Waals surface area (Å²) in [5.74, 6) is 0.275. The number of nitrogens with zero attached hydrogens (tertiary/aromatic N) is 2. The van der Waals surface area contributed by atoms with Crippen LogP contribution in [0.4, 0.5) is 0 Å². The van der Waals surface area contributed by atoms with Gasteiger partial charge in [-0.1, -0.05) is 59.6 Å². The van der Waals surface area contributed by atoms with E-state index in [1.807, 2.05) is 53.4 Å². The van der Waals surface area contributed by atoms with Gasteiger partial charge in [-0.2, -0.15) is 0 Å². The Morgan fingerprint density at radius 2 is 1.50 bits per heavy atom. The van der Waals surface area contributed by atoms with E-state index in [4.69, 9.17) is 32.7 Å². The quantitative estimate of drug-likeness (QED) is 0.306. The summed E-state index contributed by atoms with van der Waals surface area (Å²) in [6.07, 6.45) is 2.67. The molecule has 3 aromatic carbocycles. The minimum atomic E-state index is -0.868. The lowest BCUT2D eigenvalue weighted by Crippen LogP contribution is -2.48. The van der Waals surface area contributed by atoms with Crippen LogP contribution in [0.1, 0.15) is 47.2 Å². The maximum absolute atomic E-state index is 13.7. The van der Waals surface area contributed by atoms with Gasteiger partial charge in [0.1, 0.15) is 11.5 Å². The number of carboxylic acids is 1. The number of carbonyl (C=O) groups excluding carboxylic acids is 1. The number of benzene rings is 3. The molecule has 1 atom stereocenters. The van der Waals surface area contributed by atoms with Crippen LogP contribution in [0.2, 0.25) is 10.0 Å². The molecular weight excluding hydrogens is 575 g/mol. The molecule has 1 amide bonds. The fourth-order valence-corrected chi connectivity index (χ4v) is 6.78. The number of methoxy groups -OCH3 is 2. The Labute approximate surface area is 256 Å². The van der Waals surface area contributed by atoms with E-state index in [-0.39, 0.29) is 11.3 Å². The van der Waals surface area contributed by atoms with Gasteiger partial charge in [-0.3, -0.25) is 9.59 Å². The molecule has 0 aliphatic carbocycles. The van der Waals surface area contributed by atoms with Crippen molar-refractivity contribution < 1.29 is 24.2 Å². The molecule has 3 aromatic rings. The summed E-state index contributed by atoms with van der Waals surface area (Å²) < 4.78 is 10.8. The van der Waals surface area contributed by atoms with Gasteiger partial charge in [0.15, 0.2) is 0 Å². The molecule has 42 heavy (non-hydrogen) atoms. The van der Waals surface area contributed by atoms with E-state index in [0.29, 0.717) is 66.1 Å². The molecule has 2 fully saturated rings. The van der Waals surface area contributed by atoms with Gasteiger partial charge in [-0.15, -0.1) is 0 Å². The zero-order valence-corrected chi connectivity index (χ0v) is 25.5. The smallest absolute Gasteiger partial charge is 0.314 e. The molecule has 2 aliphatic rings. The molecule has 222 valence electrons. The number of ether oxygens (including phenoxy) is 2. The van der Waals surface area contributed by atoms with E-state index in [1.165, 1.54) is 0 Å². The van der Waals surface area contributed by atoms with Crippen molar-refractivity contribution in [1.82, 2.24) is 9.80 Å². The summed E-state index contributed by atoms with van der Waals surface area (Å²) in [4.78, 5) is 30.4. The molecule has 2 aliphatic heterocycles. The van der Waals surface area contributed by atoms with E-state index in [0.717, 1.165) is 30.5 Å². The SMILES string of the molecule is COc1cc(OC)cc(C(=O)N2CCC(CCN3CCC(C(=O)O)(c4ccccc4)CC3)(c3ccc(Cl)c(Cl)c3)C2)c1. The van der Waals surface area contributed by atoms with Gasteiger partial charge in [-0.25, -0.2) is 0 Å². The summed E-state index contributed by atoms with van der Waals surface area (Å²) in [5.41, 5.74) is 1.24. The molecule has 7 nitrogen and oxygen atoms in total. The van der Waals surface area contributed by atoms with Crippen molar-refractivity contribution in [3.05, 3.63) is 93.5 Å². The molecule has 2 heterocycles. The van der Waals surface area contributed by atoms with Gasteiger partial charge in [0.25, 0.3) is 5.91 Å². The maximum atomic E-state index is 13.7. The summed E-state index contributed by atoms with van der Waals surface area (Å²) in [5, 5.41) is 11.2. The topological polar surface area (TPSA) is 79.3 Å². The van der Waals surface area contributed by atoms with Crippen molar-refractivity contribution in [3.63, 3.8) is 0 Å². The Bertz CT molecular complexity index is 1420. The Hall–Kier alpha value is -3.26. The van der Waals surface area contributed by atoms with Gasteiger partial charge in [0.2, 0.25) is 0 Å². The van der Waals surface area contributed by atoms with Crippen molar-refractivity contribution in [2.75, 3.05) is 46.9 Å². The van der Waals surface area contributed by atoms with Crippen LogP contribution in [0.15, 0.2) is 66.7 Å². The van der Waals surface area contributed by atoms with Crippen LogP contribution in [0.5, 0.6) is 11.5 Å². The molecule has 1 unspecified atom stereocenters. The van der Waals surface area contributed by atoms with Gasteiger partial charge in [-0.05, 0) is 80.7 Å². The second-order valence-corrected chi connectivity index (χ2v) is 12.1. The maximum Gasteiger partial charge on any atom is 0.314 e. The lowest BCUT2D eigenvalue weighted by molar-refractivity contribution is -0.146. The molecule has 0 spiro atoms. The second kappa shape index (κ2) is 12.5. The number of piperidine rings is 1. The number of likely N-dealkylation sites (tertiary alicyclic amines) is 2. The van der Waals surface area contributed by atoms with E-state index in [1.54, 1.807) is 32.4 Å². The van der Waals surface area contributed by atoms with Gasteiger partial charge in [0, 0.05) is 30.1 Å². The third-order valence-corrected chi connectivity index (χ3v) is 9.86. The predicted octanol–water partition coefficient (Wildman–Crippen LogP) is 6.30. The number of rotatable bonds is 9. The monoisotopic (exact) mass is 610 g/mol.